The quantitative estimate of drug-likeness (QED) is 0.713. The van der Waals surface area contributed by atoms with Crippen LogP contribution in [0.4, 0.5) is 5.69 Å². The molecule has 106 valence electrons. The van der Waals surface area contributed by atoms with Gasteiger partial charge in [0.05, 0.1) is 23.9 Å². The van der Waals surface area contributed by atoms with Gasteiger partial charge in [0, 0.05) is 28.9 Å². The minimum atomic E-state index is 0.639. The first kappa shape index (κ1) is 13.8. The first-order chi connectivity index (χ1) is 10.2. The fraction of sp³-hybridized carbons (Fsp3) is 0.143. The van der Waals surface area contributed by atoms with Crippen LogP contribution in [0.3, 0.4) is 0 Å². The summed E-state index contributed by atoms with van der Waals surface area (Å²) in [4.78, 5) is 7.46. The minimum Gasteiger partial charge on any atom is -0.473 e. The summed E-state index contributed by atoms with van der Waals surface area (Å²) in [5.41, 5.74) is 3.59. The largest absolute Gasteiger partial charge is 0.473 e. The molecule has 1 aromatic carbocycles. The molecule has 0 aliphatic heterocycles. The number of anilines is 1. The predicted octanol–water partition coefficient (Wildman–Crippen LogP) is 3.93. The van der Waals surface area contributed by atoms with Crippen LogP contribution in [0.1, 0.15) is 11.1 Å². The Morgan fingerprint density at radius 3 is 3.05 bits per heavy atom. The highest BCUT2D eigenvalue weighted by Gasteiger charge is 2.11. The molecule has 0 saturated heterocycles. The number of rotatable bonds is 4. The van der Waals surface area contributed by atoms with E-state index in [4.69, 9.17) is 10.00 Å². The maximum absolute atomic E-state index is 9.16. The molecular formula is C14H12N4OS2. The van der Waals surface area contributed by atoms with Gasteiger partial charge in [-0.2, -0.15) is 10.2 Å². The molecule has 0 bridgehead atoms. The fourth-order valence-corrected chi connectivity index (χ4v) is 3.49. The lowest BCUT2D eigenvalue weighted by molar-refractivity contribution is 0.409. The predicted molar refractivity (Wildman–Crippen MR) is 85.9 cm³/mol. The molecule has 0 fully saturated rings. The maximum atomic E-state index is 9.16. The molecule has 0 radical (unpaired) electrons. The van der Waals surface area contributed by atoms with Crippen LogP contribution in [-0.2, 0) is 0 Å². The van der Waals surface area contributed by atoms with Crippen LogP contribution in [0.2, 0.25) is 0 Å². The number of ether oxygens (including phenoxy) is 1. The lowest BCUT2D eigenvalue weighted by atomic mass is 10.1. The van der Waals surface area contributed by atoms with E-state index in [1.54, 1.807) is 13.3 Å². The third kappa shape index (κ3) is 2.55. The Morgan fingerprint density at radius 1 is 1.48 bits per heavy atom. The van der Waals surface area contributed by atoms with Crippen molar-refractivity contribution in [2.75, 3.05) is 11.8 Å². The van der Waals surface area contributed by atoms with Crippen molar-refractivity contribution in [3.8, 4) is 11.3 Å². The molecule has 21 heavy (non-hydrogen) atoms. The summed E-state index contributed by atoms with van der Waals surface area (Å²) < 4.78 is 8.35. The molecule has 3 aromatic rings. The van der Waals surface area contributed by atoms with Crippen molar-refractivity contribution in [1.29, 1.82) is 5.26 Å². The number of hydrogen-bond acceptors (Lipinski definition) is 6. The number of aromatic amines is 1. The SMILES string of the molecule is COc1nc(SNc2ccc(C)c3c(C#N)c[nH]c23)cs1. The fourth-order valence-electron chi connectivity index (χ4n) is 2.08. The molecule has 0 atom stereocenters. The van der Waals surface area contributed by atoms with Gasteiger partial charge in [-0.3, -0.25) is 0 Å². The second kappa shape index (κ2) is 5.68. The third-order valence-corrected chi connectivity index (χ3v) is 4.76. The van der Waals surface area contributed by atoms with E-state index >= 15 is 0 Å². The molecule has 0 aliphatic rings. The number of benzene rings is 1. The van der Waals surface area contributed by atoms with Crippen molar-refractivity contribution < 1.29 is 4.74 Å². The number of thiazole rings is 1. The van der Waals surface area contributed by atoms with Gasteiger partial charge in [-0.25, -0.2) is 0 Å². The van der Waals surface area contributed by atoms with Crippen LogP contribution in [0.5, 0.6) is 5.19 Å². The Labute approximate surface area is 130 Å². The molecule has 2 heterocycles. The van der Waals surface area contributed by atoms with E-state index in [1.807, 2.05) is 24.4 Å². The van der Waals surface area contributed by atoms with E-state index in [0.29, 0.717) is 10.8 Å². The van der Waals surface area contributed by atoms with Crippen molar-refractivity contribution in [2.24, 2.45) is 0 Å². The van der Waals surface area contributed by atoms with Gasteiger partial charge < -0.3 is 14.4 Å². The summed E-state index contributed by atoms with van der Waals surface area (Å²) in [5.74, 6) is 0. The third-order valence-electron chi connectivity index (χ3n) is 3.07. The van der Waals surface area contributed by atoms with Gasteiger partial charge in [0.15, 0.2) is 0 Å². The Morgan fingerprint density at radius 2 is 2.33 bits per heavy atom. The number of fused-ring (bicyclic) bond motifs is 1. The lowest BCUT2D eigenvalue weighted by Gasteiger charge is -2.06. The molecule has 3 rings (SSSR count). The summed E-state index contributed by atoms with van der Waals surface area (Å²) in [7, 11) is 1.60. The van der Waals surface area contributed by atoms with E-state index < -0.39 is 0 Å². The number of aryl methyl sites for hydroxylation is 1. The average Bonchev–Trinajstić information content (AvgIpc) is 3.13. The van der Waals surface area contributed by atoms with Crippen LogP contribution in [-0.4, -0.2) is 17.1 Å². The van der Waals surface area contributed by atoms with Crippen molar-refractivity contribution >= 4 is 39.9 Å². The molecule has 2 aromatic heterocycles. The highest BCUT2D eigenvalue weighted by Crippen LogP contribution is 2.32. The normalized spacial score (nSPS) is 10.5. The number of H-pyrrole nitrogens is 1. The van der Waals surface area contributed by atoms with Crippen molar-refractivity contribution in [2.45, 2.75) is 11.9 Å². The van der Waals surface area contributed by atoms with E-state index in [9.17, 15) is 0 Å². The number of hydrogen-bond donors (Lipinski definition) is 2. The van der Waals surface area contributed by atoms with Gasteiger partial charge in [-0.05, 0) is 18.6 Å². The zero-order chi connectivity index (χ0) is 14.8. The Bertz CT molecular complexity index is 831. The molecule has 0 aliphatic carbocycles. The molecule has 0 unspecified atom stereocenters. The average molecular weight is 316 g/mol. The van der Waals surface area contributed by atoms with Gasteiger partial charge in [0.25, 0.3) is 5.19 Å². The van der Waals surface area contributed by atoms with E-state index in [2.05, 4.69) is 20.8 Å². The highest BCUT2D eigenvalue weighted by molar-refractivity contribution is 8.00. The summed E-state index contributed by atoms with van der Waals surface area (Å²) >= 11 is 2.87. The minimum absolute atomic E-state index is 0.639. The second-order valence-corrected chi connectivity index (χ2v) is 6.00. The van der Waals surface area contributed by atoms with Crippen LogP contribution in [0.25, 0.3) is 10.9 Å². The molecule has 2 N–H and O–H groups in total. The van der Waals surface area contributed by atoms with Gasteiger partial charge >= 0.3 is 0 Å². The van der Waals surface area contributed by atoms with Crippen LogP contribution >= 0.6 is 23.3 Å². The first-order valence-corrected chi connectivity index (χ1v) is 7.85. The van der Waals surface area contributed by atoms with E-state index in [1.165, 1.54) is 23.3 Å². The Kier molecular flexibility index (Phi) is 3.73. The Hall–Kier alpha value is -2.17. The summed E-state index contributed by atoms with van der Waals surface area (Å²) in [6.45, 7) is 2.00. The molecule has 7 heteroatoms. The van der Waals surface area contributed by atoms with Crippen molar-refractivity contribution in [3.63, 3.8) is 0 Å². The second-order valence-electron chi connectivity index (χ2n) is 4.35. The highest BCUT2D eigenvalue weighted by atomic mass is 32.2. The zero-order valence-electron chi connectivity index (χ0n) is 11.4. The maximum Gasteiger partial charge on any atom is 0.274 e. The number of aromatic nitrogens is 2. The number of nitriles is 1. The van der Waals surface area contributed by atoms with Crippen molar-refractivity contribution in [1.82, 2.24) is 9.97 Å². The Balaban J connectivity index is 1.89. The summed E-state index contributed by atoms with van der Waals surface area (Å²) in [6.07, 6.45) is 1.74. The van der Waals surface area contributed by atoms with Crippen LogP contribution < -0.4 is 9.46 Å². The zero-order valence-corrected chi connectivity index (χ0v) is 13.1. The lowest BCUT2D eigenvalue weighted by Crippen LogP contribution is -1.90. The molecule has 0 spiro atoms. The first-order valence-electron chi connectivity index (χ1n) is 6.16. The van der Waals surface area contributed by atoms with Crippen molar-refractivity contribution in [3.05, 3.63) is 34.8 Å². The number of nitrogens with one attached hydrogen (secondary N) is 2. The van der Waals surface area contributed by atoms with Gasteiger partial charge in [-0.15, -0.1) is 0 Å². The number of methoxy groups -OCH3 is 1. The van der Waals surface area contributed by atoms with Gasteiger partial charge in [-0.1, -0.05) is 17.4 Å². The van der Waals surface area contributed by atoms with Gasteiger partial charge in [0.2, 0.25) is 0 Å². The smallest absolute Gasteiger partial charge is 0.274 e. The van der Waals surface area contributed by atoms with E-state index in [0.717, 1.165) is 27.2 Å². The van der Waals surface area contributed by atoms with Crippen LogP contribution in [0.15, 0.2) is 28.7 Å². The standard InChI is InChI=1S/C14H12N4OS2/c1-8-3-4-10(13-12(8)9(5-15)6-16-13)18-21-11-7-20-14(17-11)19-2/h3-4,6-7,16,18H,1-2H3. The summed E-state index contributed by atoms with van der Waals surface area (Å²) in [5, 5.41) is 13.5. The summed E-state index contributed by atoms with van der Waals surface area (Å²) in [6, 6.07) is 6.20. The molecule has 0 saturated carbocycles. The molecular weight excluding hydrogens is 304 g/mol. The topological polar surface area (TPSA) is 73.7 Å². The molecule has 5 nitrogen and oxygen atoms in total. The van der Waals surface area contributed by atoms with Crippen LogP contribution in [0, 0.1) is 18.3 Å². The monoisotopic (exact) mass is 316 g/mol. The van der Waals surface area contributed by atoms with Gasteiger partial charge in [0.1, 0.15) is 11.1 Å². The number of nitrogens with zero attached hydrogens (tertiary/aromatic N) is 2. The van der Waals surface area contributed by atoms with E-state index in [-0.39, 0.29) is 0 Å². The molecule has 0 amide bonds.